The number of anilines is 1. The van der Waals surface area contributed by atoms with Crippen molar-refractivity contribution in [3.8, 4) is 23.0 Å². The maximum Gasteiger partial charge on any atom is 0.265 e. The van der Waals surface area contributed by atoms with Crippen molar-refractivity contribution in [1.82, 2.24) is 10.2 Å². The largest absolute Gasteiger partial charge is 0.497 e. The first-order chi connectivity index (χ1) is 21.4. The number of nitrogens with zero attached hydrogens (tertiary/aromatic N) is 2. The lowest BCUT2D eigenvalue weighted by Crippen LogP contribution is -2.53. The van der Waals surface area contributed by atoms with Crippen LogP contribution in [-0.2, 0) is 26.2 Å². The van der Waals surface area contributed by atoms with Crippen molar-refractivity contribution in [1.29, 1.82) is 0 Å². The second kappa shape index (κ2) is 15.7. The van der Waals surface area contributed by atoms with E-state index in [9.17, 15) is 18.0 Å². The summed E-state index contributed by atoms with van der Waals surface area (Å²) in [6.45, 7) is 4.69. The van der Waals surface area contributed by atoms with E-state index >= 15 is 0 Å². The van der Waals surface area contributed by atoms with Gasteiger partial charge in [0.05, 0.1) is 39.0 Å². The summed E-state index contributed by atoms with van der Waals surface area (Å²) in [5, 5.41) is 3.27. The zero-order valence-electron chi connectivity index (χ0n) is 26.5. The summed E-state index contributed by atoms with van der Waals surface area (Å²) in [6.07, 6.45) is 0.264. The van der Waals surface area contributed by atoms with Gasteiger partial charge in [-0.05, 0) is 56.2 Å². The van der Waals surface area contributed by atoms with Gasteiger partial charge in [-0.1, -0.05) is 36.7 Å². The molecular formula is C32H40ClN3O8S. The molecule has 1 atom stereocenters. The Balaban J connectivity index is 2.21. The number of carbonyl (C=O) groups excluding carboxylic acids is 2. The number of ether oxygens (including phenoxy) is 4. The molecule has 45 heavy (non-hydrogen) atoms. The van der Waals surface area contributed by atoms with Gasteiger partial charge in [0, 0.05) is 29.7 Å². The first kappa shape index (κ1) is 35.3. The van der Waals surface area contributed by atoms with Crippen molar-refractivity contribution in [3.05, 3.63) is 71.2 Å². The van der Waals surface area contributed by atoms with Gasteiger partial charge >= 0.3 is 0 Å². The van der Waals surface area contributed by atoms with Gasteiger partial charge in [-0.2, -0.15) is 0 Å². The monoisotopic (exact) mass is 661 g/mol. The zero-order chi connectivity index (χ0) is 33.3. The second-order valence-corrected chi connectivity index (χ2v) is 12.5. The highest BCUT2D eigenvalue weighted by atomic mass is 35.5. The molecule has 3 rings (SSSR count). The minimum atomic E-state index is -4.46. The molecule has 0 aliphatic carbocycles. The van der Waals surface area contributed by atoms with E-state index < -0.39 is 28.5 Å². The molecule has 0 spiro atoms. The molecule has 0 saturated carbocycles. The van der Waals surface area contributed by atoms with Crippen LogP contribution in [0.25, 0.3) is 0 Å². The van der Waals surface area contributed by atoms with Crippen molar-refractivity contribution < 1.29 is 37.0 Å². The van der Waals surface area contributed by atoms with Crippen molar-refractivity contribution in [2.24, 2.45) is 0 Å². The maximum absolute atomic E-state index is 14.4. The summed E-state index contributed by atoms with van der Waals surface area (Å²) in [7, 11) is 1.19. The Bertz CT molecular complexity index is 1600. The molecule has 0 bridgehead atoms. The number of rotatable bonds is 15. The number of nitrogens with one attached hydrogen (secondary N) is 1. The molecule has 2 amide bonds. The fourth-order valence-electron chi connectivity index (χ4n) is 4.72. The summed E-state index contributed by atoms with van der Waals surface area (Å²) >= 11 is 6.47. The average Bonchev–Trinajstić information content (AvgIpc) is 3.03. The number of halogens is 1. The first-order valence-corrected chi connectivity index (χ1v) is 16.0. The molecule has 3 aromatic rings. The molecule has 0 heterocycles. The highest BCUT2D eigenvalue weighted by molar-refractivity contribution is 7.92. The Kier molecular flexibility index (Phi) is 12.3. The molecule has 11 nitrogen and oxygen atoms in total. The number of methoxy groups -OCH3 is 4. The third-order valence-corrected chi connectivity index (χ3v) is 9.12. The molecule has 3 aromatic carbocycles. The molecular weight excluding hydrogens is 622 g/mol. The SMILES string of the molecule is CCC(C(=O)NC(C)C)N(Cc1ccccc1Cl)C(=O)CN(c1cc(OC)ccc1OC)S(=O)(=O)c1ccc(OC)c(OC)c1. The van der Waals surface area contributed by atoms with Gasteiger partial charge in [-0.25, -0.2) is 8.42 Å². The highest BCUT2D eigenvalue weighted by Gasteiger charge is 2.35. The molecule has 0 aliphatic heterocycles. The molecule has 0 radical (unpaired) electrons. The zero-order valence-corrected chi connectivity index (χ0v) is 28.1. The van der Waals surface area contributed by atoms with Crippen molar-refractivity contribution in [3.63, 3.8) is 0 Å². The van der Waals surface area contributed by atoms with E-state index in [4.69, 9.17) is 30.5 Å². The molecule has 0 aromatic heterocycles. The minimum absolute atomic E-state index is 0.0397. The first-order valence-electron chi connectivity index (χ1n) is 14.2. The van der Waals surface area contributed by atoms with Crippen LogP contribution < -0.4 is 28.6 Å². The Hall–Kier alpha value is -4.16. The molecule has 0 saturated heterocycles. The molecule has 0 aliphatic rings. The average molecular weight is 662 g/mol. The van der Waals surface area contributed by atoms with Crippen LogP contribution in [0.3, 0.4) is 0 Å². The summed E-state index contributed by atoms with van der Waals surface area (Å²) in [6, 6.07) is 14.6. The minimum Gasteiger partial charge on any atom is -0.497 e. The van der Waals surface area contributed by atoms with Crippen LogP contribution >= 0.6 is 11.6 Å². The number of carbonyl (C=O) groups is 2. The number of benzene rings is 3. The Morgan fingerprint density at radius 2 is 1.51 bits per heavy atom. The predicted octanol–water partition coefficient (Wildman–Crippen LogP) is 4.90. The summed E-state index contributed by atoms with van der Waals surface area (Å²) in [5.74, 6) is -0.00259. The van der Waals surface area contributed by atoms with Crippen LogP contribution in [0, 0.1) is 0 Å². The smallest absolute Gasteiger partial charge is 0.265 e. The van der Waals surface area contributed by atoms with Crippen molar-refractivity contribution in [2.75, 3.05) is 39.3 Å². The lowest BCUT2D eigenvalue weighted by atomic mass is 10.1. The van der Waals surface area contributed by atoms with Gasteiger partial charge < -0.3 is 29.2 Å². The van der Waals surface area contributed by atoms with Crippen molar-refractivity contribution >= 4 is 39.1 Å². The van der Waals surface area contributed by atoms with Gasteiger partial charge in [0.1, 0.15) is 24.1 Å². The topological polar surface area (TPSA) is 124 Å². The van der Waals surface area contributed by atoms with Gasteiger partial charge in [0.2, 0.25) is 11.8 Å². The van der Waals surface area contributed by atoms with Crippen LogP contribution in [0.4, 0.5) is 5.69 Å². The quantitative estimate of drug-likeness (QED) is 0.244. The van der Waals surface area contributed by atoms with Gasteiger partial charge in [-0.15, -0.1) is 0 Å². The van der Waals surface area contributed by atoms with E-state index in [1.54, 1.807) is 43.3 Å². The second-order valence-electron chi connectivity index (χ2n) is 10.3. The van der Waals surface area contributed by atoms with Crippen molar-refractivity contribution in [2.45, 2.75) is 50.7 Å². The summed E-state index contributed by atoms with van der Waals surface area (Å²) in [4.78, 5) is 28.9. The van der Waals surface area contributed by atoms with E-state index in [0.29, 0.717) is 22.1 Å². The van der Waals surface area contributed by atoms with Crippen LogP contribution in [0.2, 0.25) is 5.02 Å². The fourth-order valence-corrected chi connectivity index (χ4v) is 6.35. The van der Waals surface area contributed by atoms with E-state index in [2.05, 4.69) is 5.32 Å². The molecule has 13 heteroatoms. The molecule has 1 unspecified atom stereocenters. The fraction of sp³-hybridized carbons (Fsp3) is 0.375. The number of hydrogen-bond donors (Lipinski definition) is 1. The highest BCUT2D eigenvalue weighted by Crippen LogP contribution is 2.38. The lowest BCUT2D eigenvalue weighted by molar-refractivity contribution is -0.140. The van der Waals surface area contributed by atoms with Gasteiger partial charge in [0.25, 0.3) is 10.0 Å². The molecule has 244 valence electrons. The van der Waals surface area contributed by atoms with Crippen LogP contribution in [-0.4, -0.2) is 72.2 Å². The van der Waals surface area contributed by atoms with Crippen LogP contribution in [0.5, 0.6) is 23.0 Å². The van der Waals surface area contributed by atoms with E-state index in [1.165, 1.54) is 57.6 Å². The number of amides is 2. The summed E-state index contributed by atoms with van der Waals surface area (Å²) < 4.78 is 51.3. The van der Waals surface area contributed by atoms with E-state index in [-0.39, 0.29) is 47.0 Å². The van der Waals surface area contributed by atoms with E-state index in [1.807, 2.05) is 13.8 Å². The van der Waals surface area contributed by atoms with Crippen LogP contribution in [0.15, 0.2) is 65.6 Å². The standard InChI is InChI=1S/C32H40ClN3O8S/c1-8-26(32(38)34-21(2)3)35(19-22-11-9-10-12-25(22)33)31(37)20-36(27-17-23(41-4)13-15-28(27)42-5)45(39,40)24-14-16-29(43-6)30(18-24)44-7/h9-18,21,26H,8,19-20H2,1-7H3,(H,34,38). The number of hydrogen-bond acceptors (Lipinski definition) is 8. The summed E-state index contributed by atoms with van der Waals surface area (Å²) in [5.41, 5.74) is 0.647. The maximum atomic E-state index is 14.4. The van der Waals surface area contributed by atoms with Crippen LogP contribution in [0.1, 0.15) is 32.8 Å². The number of sulfonamides is 1. The van der Waals surface area contributed by atoms with Gasteiger partial charge in [-0.3, -0.25) is 13.9 Å². The predicted molar refractivity (Wildman–Crippen MR) is 173 cm³/mol. The third kappa shape index (κ3) is 8.31. The van der Waals surface area contributed by atoms with Gasteiger partial charge in [0.15, 0.2) is 11.5 Å². The Labute approximate surface area is 270 Å². The normalized spacial score (nSPS) is 11.8. The molecule has 0 fully saturated rings. The third-order valence-electron chi connectivity index (χ3n) is 6.99. The Morgan fingerprint density at radius 1 is 0.867 bits per heavy atom. The Morgan fingerprint density at radius 3 is 2.09 bits per heavy atom. The molecule has 1 N–H and O–H groups in total. The van der Waals surface area contributed by atoms with E-state index in [0.717, 1.165) is 4.31 Å². The lowest BCUT2D eigenvalue weighted by Gasteiger charge is -2.34.